The van der Waals surface area contributed by atoms with Gasteiger partial charge in [-0.15, -0.1) is 0 Å². The molecule has 0 aliphatic heterocycles. The van der Waals surface area contributed by atoms with E-state index in [1.807, 2.05) is 0 Å². The Hall–Kier alpha value is -4.30. The van der Waals surface area contributed by atoms with Gasteiger partial charge in [0.1, 0.15) is 0 Å². The van der Waals surface area contributed by atoms with E-state index in [1.54, 1.807) is 0 Å². The second kappa shape index (κ2) is 17.7. The zero-order valence-electron chi connectivity index (χ0n) is 27.3. The quantitative estimate of drug-likeness (QED) is 0.121. The molecule has 0 atom stereocenters. The molecule has 2 heteroatoms. The van der Waals surface area contributed by atoms with Crippen molar-refractivity contribution >= 4 is 22.5 Å². The minimum atomic E-state index is 1.09. The highest BCUT2D eigenvalue weighted by atomic mass is 15.1. The smallest absolute Gasteiger partial charge is 0.0366 e. The summed E-state index contributed by atoms with van der Waals surface area (Å²) in [6.45, 7) is 13.4. The van der Waals surface area contributed by atoms with Crippen molar-refractivity contribution in [2.75, 3.05) is 36.0 Å². The van der Waals surface area contributed by atoms with E-state index in [0.29, 0.717) is 0 Å². The first-order chi connectivity index (χ1) is 21.7. The van der Waals surface area contributed by atoms with Crippen LogP contribution in [0, 0.1) is 0 Å². The van der Waals surface area contributed by atoms with E-state index in [0.717, 1.165) is 51.9 Å². The average molecular weight is 583 g/mol. The first-order valence-corrected chi connectivity index (χ1v) is 16.6. The molecule has 0 N–H and O–H groups in total. The number of hydrogen-bond acceptors (Lipinski definition) is 2. The van der Waals surface area contributed by atoms with Crippen molar-refractivity contribution in [1.82, 2.24) is 0 Å². The van der Waals surface area contributed by atoms with Gasteiger partial charge in [-0.2, -0.15) is 0 Å². The van der Waals surface area contributed by atoms with Crippen LogP contribution in [0.1, 0.15) is 75.6 Å². The molecule has 0 aromatic heterocycles. The summed E-state index contributed by atoms with van der Waals surface area (Å²) in [4.78, 5) is 4.99. The Labute approximate surface area is 267 Å². The van der Waals surface area contributed by atoms with Crippen LogP contribution in [0.5, 0.6) is 0 Å². The predicted molar refractivity (Wildman–Crippen MR) is 195 cm³/mol. The van der Waals surface area contributed by atoms with Crippen LogP contribution in [-0.4, -0.2) is 26.2 Å². The summed E-state index contributed by atoms with van der Waals surface area (Å²) >= 11 is 0. The van der Waals surface area contributed by atoms with Crippen molar-refractivity contribution in [2.24, 2.45) is 0 Å². The molecule has 0 spiro atoms. The van der Waals surface area contributed by atoms with Crippen molar-refractivity contribution in [2.45, 2.75) is 53.4 Å². The van der Waals surface area contributed by atoms with Gasteiger partial charge in [0.15, 0.2) is 0 Å². The fraction of sp³-hybridized carbons (Fsp3) is 0.286. The molecule has 0 amide bonds. The molecule has 228 valence electrons. The summed E-state index contributed by atoms with van der Waals surface area (Å²) < 4.78 is 0. The Kier molecular flexibility index (Phi) is 13.1. The summed E-state index contributed by atoms with van der Waals surface area (Å²) in [5.41, 5.74) is 9.93. The highest BCUT2D eigenvalue weighted by Crippen LogP contribution is 2.29. The highest BCUT2D eigenvalue weighted by molar-refractivity contribution is 5.83. The van der Waals surface area contributed by atoms with Gasteiger partial charge in [0.05, 0.1) is 0 Å². The number of benzene rings is 4. The van der Waals surface area contributed by atoms with Gasteiger partial charge in [-0.3, -0.25) is 0 Å². The minimum absolute atomic E-state index is 1.09. The van der Waals surface area contributed by atoms with Crippen LogP contribution in [0.2, 0.25) is 0 Å². The van der Waals surface area contributed by atoms with Gasteiger partial charge in [0, 0.05) is 37.6 Å². The third-order valence-corrected chi connectivity index (χ3v) is 7.87. The molecule has 4 rings (SSSR count). The Morgan fingerprint density at radius 2 is 0.705 bits per heavy atom. The maximum Gasteiger partial charge on any atom is 0.0366 e. The van der Waals surface area contributed by atoms with E-state index >= 15 is 0 Å². The molecule has 0 aliphatic carbocycles. The summed E-state index contributed by atoms with van der Waals surface area (Å²) in [6.07, 6.45) is 13.5. The second-order valence-electron chi connectivity index (χ2n) is 11.3. The van der Waals surface area contributed by atoms with Gasteiger partial charge in [-0.05, 0) is 83.3 Å². The van der Waals surface area contributed by atoms with Crippen LogP contribution in [0.3, 0.4) is 0 Å². The van der Waals surface area contributed by atoms with Crippen LogP contribution in [0.15, 0.2) is 133 Å². The Morgan fingerprint density at radius 1 is 0.409 bits per heavy atom. The highest BCUT2D eigenvalue weighted by Gasteiger charge is 2.10. The zero-order valence-corrected chi connectivity index (χ0v) is 27.3. The lowest BCUT2D eigenvalue weighted by molar-refractivity contribution is 0.745. The van der Waals surface area contributed by atoms with Crippen LogP contribution in [-0.2, 0) is 0 Å². The molecular weight excluding hydrogens is 532 g/mol. The van der Waals surface area contributed by atoms with Crippen molar-refractivity contribution < 1.29 is 0 Å². The summed E-state index contributed by atoms with van der Waals surface area (Å²) in [5, 5.41) is 0. The molecule has 0 unspecified atom stereocenters. The normalized spacial score (nSPS) is 10.9. The maximum atomic E-state index is 2.50. The average Bonchev–Trinajstić information content (AvgIpc) is 3.07. The predicted octanol–water partition coefficient (Wildman–Crippen LogP) is 11.1. The third-order valence-electron chi connectivity index (χ3n) is 7.87. The van der Waals surface area contributed by atoms with Crippen molar-refractivity contribution in [3.63, 3.8) is 0 Å². The lowest BCUT2D eigenvalue weighted by atomic mass is 9.96. The number of anilines is 2. The molecular formula is C42H50N2. The van der Waals surface area contributed by atoms with Gasteiger partial charge < -0.3 is 9.80 Å². The fourth-order valence-corrected chi connectivity index (χ4v) is 5.78. The first kappa shape index (κ1) is 32.6. The molecule has 0 bridgehead atoms. The molecule has 0 saturated carbocycles. The molecule has 4 aromatic carbocycles. The van der Waals surface area contributed by atoms with E-state index in [1.165, 1.54) is 44.8 Å². The maximum absolute atomic E-state index is 2.50. The van der Waals surface area contributed by atoms with Gasteiger partial charge in [-0.25, -0.2) is 0 Å². The van der Waals surface area contributed by atoms with Gasteiger partial charge in [-0.1, -0.05) is 137 Å². The number of nitrogens with zero attached hydrogens (tertiary/aromatic N) is 2. The SMILES string of the molecule is CCCN(CCC)c1ccc(C(=CC=CC=C(c2ccccc2)c2ccccc2)c2ccc(N(CCC)CCC)cc2)cc1. The topological polar surface area (TPSA) is 6.48 Å². The van der Waals surface area contributed by atoms with Gasteiger partial charge in [0.2, 0.25) is 0 Å². The molecule has 2 nitrogen and oxygen atoms in total. The van der Waals surface area contributed by atoms with E-state index in [4.69, 9.17) is 0 Å². The van der Waals surface area contributed by atoms with E-state index in [-0.39, 0.29) is 0 Å². The van der Waals surface area contributed by atoms with E-state index < -0.39 is 0 Å². The summed E-state index contributed by atoms with van der Waals surface area (Å²) in [6, 6.07) is 39.6. The largest absolute Gasteiger partial charge is 0.372 e. The standard InChI is InChI=1S/C42H50N2/c1-5-31-43(32-6-2)39-27-23-37(24-28-39)42(38-25-29-40(30-26-38)44(33-7-3)34-8-4)22-16-15-21-41(35-17-11-9-12-18-35)36-19-13-10-14-20-36/h9-30H,5-8,31-34H2,1-4H3. The monoisotopic (exact) mass is 582 g/mol. The summed E-state index contributed by atoms with van der Waals surface area (Å²) in [5.74, 6) is 0. The Bertz CT molecular complexity index is 1350. The Morgan fingerprint density at radius 3 is 1.00 bits per heavy atom. The lowest BCUT2D eigenvalue weighted by Crippen LogP contribution is -2.24. The summed E-state index contributed by atoms with van der Waals surface area (Å²) in [7, 11) is 0. The van der Waals surface area contributed by atoms with Gasteiger partial charge in [0.25, 0.3) is 0 Å². The van der Waals surface area contributed by atoms with Crippen LogP contribution in [0.4, 0.5) is 11.4 Å². The van der Waals surface area contributed by atoms with Crippen molar-refractivity contribution in [3.8, 4) is 0 Å². The molecule has 0 aliphatic rings. The van der Waals surface area contributed by atoms with E-state index in [9.17, 15) is 0 Å². The van der Waals surface area contributed by atoms with Crippen molar-refractivity contribution in [1.29, 1.82) is 0 Å². The second-order valence-corrected chi connectivity index (χ2v) is 11.3. The molecule has 0 saturated heterocycles. The third kappa shape index (κ3) is 9.10. The molecule has 0 fully saturated rings. The zero-order chi connectivity index (χ0) is 31.0. The van der Waals surface area contributed by atoms with E-state index in [2.05, 4.69) is 171 Å². The molecule has 4 aromatic rings. The molecule has 44 heavy (non-hydrogen) atoms. The first-order valence-electron chi connectivity index (χ1n) is 16.6. The van der Waals surface area contributed by atoms with Crippen LogP contribution < -0.4 is 9.80 Å². The molecule has 0 heterocycles. The van der Waals surface area contributed by atoms with Crippen molar-refractivity contribution in [3.05, 3.63) is 156 Å². The van der Waals surface area contributed by atoms with Crippen LogP contribution in [0.25, 0.3) is 11.1 Å². The van der Waals surface area contributed by atoms with Gasteiger partial charge >= 0.3 is 0 Å². The number of rotatable bonds is 16. The Balaban J connectivity index is 1.71. The fourth-order valence-electron chi connectivity index (χ4n) is 5.78. The molecule has 0 radical (unpaired) electrons. The minimum Gasteiger partial charge on any atom is -0.372 e. The number of hydrogen-bond donors (Lipinski definition) is 0. The lowest BCUT2D eigenvalue weighted by Gasteiger charge is -2.24. The number of allylic oxidation sites excluding steroid dienone is 4. The van der Waals surface area contributed by atoms with Crippen LogP contribution >= 0.6 is 0 Å².